The Morgan fingerprint density at radius 1 is 1.35 bits per heavy atom. The molecule has 1 aliphatic rings. The molecule has 2 amide bonds. The molecule has 0 bridgehead atoms. The topological polar surface area (TPSA) is 71.5 Å². The van der Waals surface area contributed by atoms with Crippen molar-refractivity contribution in [1.82, 2.24) is 4.98 Å². The van der Waals surface area contributed by atoms with Crippen LogP contribution in [0, 0.1) is 13.8 Å². The number of carbonyl (C=O) groups is 2. The lowest BCUT2D eigenvalue weighted by Crippen LogP contribution is -2.48. The maximum Gasteiger partial charge on any atom is 0.269 e. The van der Waals surface area contributed by atoms with Gasteiger partial charge in [-0.25, -0.2) is 4.98 Å². The molecule has 120 valence electrons. The van der Waals surface area contributed by atoms with Gasteiger partial charge >= 0.3 is 0 Å². The van der Waals surface area contributed by atoms with Crippen molar-refractivity contribution in [1.29, 1.82) is 0 Å². The van der Waals surface area contributed by atoms with Crippen LogP contribution in [0.3, 0.4) is 0 Å². The number of aromatic nitrogens is 1. The molecule has 23 heavy (non-hydrogen) atoms. The maximum absolute atomic E-state index is 12.5. The van der Waals surface area contributed by atoms with Gasteiger partial charge in [-0.15, -0.1) is 11.3 Å². The number of benzene rings is 1. The van der Waals surface area contributed by atoms with E-state index >= 15 is 0 Å². The minimum absolute atomic E-state index is 0.125. The number of rotatable bonds is 2. The van der Waals surface area contributed by atoms with E-state index in [1.54, 1.807) is 17.0 Å². The number of anilines is 2. The van der Waals surface area contributed by atoms with Crippen LogP contribution in [0.25, 0.3) is 0 Å². The molecule has 1 aliphatic heterocycles. The summed E-state index contributed by atoms with van der Waals surface area (Å²) >= 11 is 1.42. The first-order valence-corrected chi connectivity index (χ1v) is 8.06. The second-order valence-electron chi connectivity index (χ2n) is 5.35. The van der Waals surface area contributed by atoms with E-state index in [9.17, 15) is 9.59 Å². The molecule has 0 radical (unpaired) electrons. The van der Waals surface area contributed by atoms with Crippen LogP contribution >= 0.6 is 11.3 Å². The van der Waals surface area contributed by atoms with Gasteiger partial charge in [-0.3, -0.25) is 14.9 Å². The van der Waals surface area contributed by atoms with E-state index in [-0.39, 0.29) is 18.4 Å². The molecule has 1 atom stereocenters. The summed E-state index contributed by atoms with van der Waals surface area (Å²) in [5, 5.41) is 3.31. The van der Waals surface area contributed by atoms with Crippen LogP contribution < -0.4 is 15.0 Å². The van der Waals surface area contributed by atoms with Crippen molar-refractivity contribution < 1.29 is 14.3 Å². The fourth-order valence-electron chi connectivity index (χ4n) is 2.38. The first-order valence-electron chi connectivity index (χ1n) is 7.24. The predicted octanol–water partition coefficient (Wildman–Crippen LogP) is 2.51. The van der Waals surface area contributed by atoms with Gasteiger partial charge in [0.2, 0.25) is 5.91 Å². The molecule has 7 heteroatoms. The number of amides is 2. The monoisotopic (exact) mass is 331 g/mol. The average Bonchev–Trinajstić information content (AvgIpc) is 2.83. The number of nitrogens with one attached hydrogen (secondary N) is 1. The maximum atomic E-state index is 12.5. The van der Waals surface area contributed by atoms with Crippen molar-refractivity contribution in [3.05, 3.63) is 34.8 Å². The molecule has 1 aromatic carbocycles. The average molecular weight is 331 g/mol. The number of thiazole rings is 1. The van der Waals surface area contributed by atoms with Crippen LogP contribution in [0.4, 0.5) is 10.8 Å². The summed E-state index contributed by atoms with van der Waals surface area (Å²) in [4.78, 5) is 31.2. The molecule has 1 N–H and O–H groups in total. The zero-order valence-electron chi connectivity index (χ0n) is 13.1. The second kappa shape index (κ2) is 6.00. The number of hydrogen-bond donors (Lipinski definition) is 1. The van der Waals surface area contributed by atoms with E-state index in [1.165, 1.54) is 18.3 Å². The third-order valence-electron chi connectivity index (χ3n) is 3.70. The molecule has 0 fully saturated rings. The molecular weight excluding hydrogens is 314 g/mol. The summed E-state index contributed by atoms with van der Waals surface area (Å²) in [5.41, 5.74) is 1.58. The second-order valence-corrected chi connectivity index (χ2v) is 6.56. The summed E-state index contributed by atoms with van der Waals surface area (Å²) < 4.78 is 5.75. The van der Waals surface area contributed by atoms with Crippen LogP contribution in [0.5, 0.6) is 5.75 Å². The molecule has 0 saturated carbocycles. The van der Waals surface area contributed by atoms with Gasteiger partial charge in [0, 0.05) is 11.8 Å². The van der Waals surface area contributed by atoms with Gasteiger partial charge < -0.3 is 9.64 Å². The predicted molar refractivity (Wildman–Crippen MR) is 89.1 cm³/mol. The number of para-hydroxylation sites is 2. The SMILES string of the molecule is CC(=O)N1C[C@H](C(=O)Nc2nc(C)c(C)s2)Oc2ccccc21. The van der Waals surface area contributed by atoms with E-state index in [2.05, 4.69) is 10.3 Å². The number of aryl methyl sites for hydroxylation is 2. The van der Waals surface area contributed by atoms with Crippen LogP contribution in [-0.2, 0) is 9.59 Å². The molecule has 0 unspecified atom stereocenters. The molecule has 2 heterocycles. The Morgan fingerprint density at radius 3 is 2.74 bits per heavy atom. The summed E-state index contributed by atoms with van der Waals surface area (Å²) in [6.07, 6.45) is -0.765. The Balaban J connectivity index is 1.81. The number of fused-ring (bicyclic) bond motifs is 1. The Kier molecular flexibility index (Phi) is 4.04. The number of hydrogen-bond acceptors (Lipinski definition) is 5. The molecule has 6 nitrogen and oxygen atoms in total. The lowest BCUT2D eigenvalue weighted by Gasteiger charge is -2.33. The van der Waals surface area contributed by atoms with Gasteiger partial charge in [-0.05, 0) is 26.0 Å². The Bertz CT molecular complexity index is 752. The van der Waals surface area contributed by atoms with Crippen molar-refractivity contribution in [2.45, 2.75) is 26.9 Å². The molecule has 0 spiro atoms. The third kappa shape index (κ3) is 3.05. The van der Waals surface area contributed by atoms with Crippen molar-refractivity contribution in [2.24, 2.45) is 0 Å². The molecule has 1 aromatic heterocycles. The molecule has 3 rings (SSSR count). The first kappa shape index (κ1) is 15.5. The highest BCUT2D eigenvalue weighted by Crippen LogP contribution is 2.33. The highest BCUT2D eigenvalue weighted by atomic mass is 32.1. The van der Waals surface area contributed by atoms with Crippen LogP contribution in [0.2, 0.25) is 0 Å². The van der Waals surface area contributed by atoms with E-state index < -0.39 is 6.10 Å². The normalized spacial score (nSPS) is 16.5. The minimum Gasteiger partial charge on any atom is -0.476 e. The lowest BCUT2D eigenvalue weighted by atomic mass is 10.2. The lowest BCUT2D eigenvalue weighted by molar-refractivity contribution is -0.123. The quantitative estimate of drug-likeness (QED) is 0.918. The van der Waals surface area contributed by atoms with E-state index in [0.29, 0.717) is 16.6 Å². The summed E-state index contributed by atoms with van der Waals surface area (Å²) in [6, 6.07) is 7.20. The Morgan fingerprint density at radius 2 is 2.09 bits per heavy atom. The van der Waals surface area contributed by atoms with E-state index in [0.717, 1.165) is 10.6 Å². The van der Waals surface area contributed by atoms with Crippen molar-refractivity contribution in [3.63, 3.8) is 0 Å². The van der Waals surface area contributed by atoms with Gasteiger partial charge in [-0.2, -0.15) is 0 Å². The van der Waals surface area contributed by atoms with Gasteiger partial charge in [0.05, 0.1) is 17.9 Å². The fourth-order valence-corrected chi connectivity index (χ4v) is 3.20. The summed E-state index contributed by atoms with van der Waals surface area (Å²) in [5.74, 6) is 0.0968. The first-order chi connectivity index (χ1) is 11.0. The number of nitrogens with zero attached hydrogens (tertiary/aromatic N) is 2. The van der Waals surface area contributed by atoms with Crippen molar-refractivity contribution >= 4 is 34.0 Å². The standard InChI is InChI=1S/C16H17N3O3S/c1-9-10(2)23-16(17-9)18-15(21)14-8-19(11(3)20)12-6-4-5-7-13(12)22-14/h4-7,14H,8H2,1-3H3,(H,17,18,21)/t14-/m1/s1. The van der Waals surface area contributed by atoms with Crippen LogP contribution in [-0.4, -0.2) is 29.4 Å². The zero-order chi connectivity index (χ0) is 16.6. The van der Waals surface area contributed by atoms with Crippen molar-refractivity contribution in [3.8, 4) is 5.75 Å². The Labute approximate surface area is 138 Å². The number of carbonyl (C=O) groups excluding carboxylic acids is 2. The molecule has 2 aromatic rings. The Hall–Kier alpha value is -2.41. The van der Waals surface area contributed by atoms with Gasteiger partial charge in [-0.1, -0.05) is 12.1 Å². The van der Waals surface area contributed by atoms with E-state index in [1.807, 2.05) is 26.0 Å². The van der Waals surface area contributed by atoms with Crippen molar-refractivity contribution in [2.75, 3.05) is 16.8 Å². The molecular formula is C16H17N3O3S. The minimum atomic E-state index is -0.765. The third-order valence-corrected chi connectivity index (χ3v) is 4.69. The smallest absolute Gasteiger partial charge is 0.269 e. The fraction of sp³-hybridized carbons (Fsp3) is 0.312. The summed E-state index contributed by atoms with van der Waals surface area (Å²) in [6.45, 7) is 5.51. The van der Waals surface area contributed by atoms with Crippen LogP contribution in [0.1, 0.15) is 17.5 Å². The summed E-state index contributed by atoms with van der Waals surface area (Å²) in [7, 11) is 0. The molecule has 0 aliphatic carbocycles. The van der Waals surface area contributed by atoms with Gasteiger partial charge in [0.25, 0.3) is 5.91 Å². The van der Waals surface area contributed by atoms with Gasteiger partial charge in [0.15, 0.2) is 11.2 Å². The van der Waals surface area contributed by atoms with Gasteiger partial charge in [0.1, 0.15) is 5.75 Å². The molecule has 0 saturated heterocycles. The highest BCUT2D eigenvalue weighted by Gasteiger charge is 2.32. The largest absolute Gasteiger partial charge is 0.476 e. The van der Waals surface area contributed by atoms with E-state index in [4.69, 9.17) is 4.74 Å². The highest BCUT2D eigenvalue weighted by molar-refractivity contribution is 7.15. The van der Waals surface area contributed by atoms with Crippen LogP contribution in [0.15, 0.2) is 24.3 Å². The number of ether oxygens (including phenoxy) is 1. The zero-order valence-corrected chi connectivity index (χ0v) is 13.9.